The summed E-state index contributed by atoms with van der Waals surface area (Å²) in [5, 5.41) is 4.99. The summed E-state index contributed by atoms with van der Waals surface area (Å²) in [5.41, 5.74) is 20.7. The molecular weight excluding hydrogens is 785 g/mol. The van der Waals surface area contributed by atoms with Gasteiger partial charge in [0, 0.05) is 32.9 Å². The van der Waals surface area contributed by atoms with Crippen molar-refractivity contribution in [1.29, 1.82) is 0 Å². The van der Waals surface area contributed by atoms with E-state index in [1.807, 2.05) is 0 Å². The van der Waals surface area contributed by atoms with Gasteiger partial charge in [-0.05, 0) is 134 Å². The van der Waals surface area contributed by atoms with E-state index in [4.69, 9.17) is 0 Å². The number of nitrogens with zero attached hydrogens (tertiary/aromatic N) is 2. The summed E-state index contributed by atoms with van der Waals surface area (Å²) in [7, 11) is 0. The number of aromatic nitrogens is 2. The van der Waals surface area contributed by atoms with E-state index in [1.165, 1.54) is 105 Å². The molecular formula is C63H46N2. The molecule has 0 atom stereocenters. The minimum atomic E-state index is 1.12. The van der Waals surface area contributed by atoms with E-state index in [-0.39, 0.29) is 0 Å². The van der Waals surface area contributed by atoms with Gasteiger partial charge < -0.3 is 9.13 Å². The van der Waals surface area contributed by atoms with Gasteiger partial charge in [0.1, 0.15) is 0 Å². The Bertz CT molecular complexity index is 3680. The van der Waals surface area contributed by atoms with E-state index in [0.29, 0.717) is 0 Å². The molecule has 0 saturated carbocycles. The molecule has 0 N–H and O–H groups in total. The van der Waals surface area contributed by atoms with Crippen molar-refractivity contribution in [2.45, 2.75) is 19.8 Å². The van der Waals surface area contributed by atoms with E-state index < -0.39 is 0 Å². The first kappa shape index (κ1) is 38.5. The van der Waals surface area contributed by atoms with Crippen LogP contribution in [-0.4, -0.2) is 9.13 Å². The van der Waals surface area contributed by atoms with Crippen molar-refractivity contribution in [2.24, 2.45) is 0 Å². The van der Waals surface area contributed by atoms with Crippen LogP contribution in [0.3, 0.4) is 0 Å². The molecule has 0 unspecified atom stereocenters. The average Bonchev–Trinajstić information content (AvgIpc) is 3.89. The van der Waals surface area contributed by atoms with Gasteiger partial charge in [-0.1, -0.05) is 183 Å². The Hall–Kier alpha value is -8.20. The maximum Gasteiger partial charge on any atom is 0.0541 e. The van der Waals surface area contributed by atoms with Crippen LogP contribution in [0.15, 0.2) is 237 Å². The smallest absolute Gasteiger partial charge is 0.0541 e. The highest BCUT2D eigenvalue weighted by molar-refractivity contribution is 6.12. The molecule has 10 aromatic carbocycles. The van der Waals surface area contributed by atoms with Crippen LogP contribution in [0.1, 0.15) is 18.9 Å². The maximum absolute atomic E-state index is 2.41. The normalized spacial score (nSPS) is 11.6. The van der Waals surface area contributed by atoms with Gasteiger partial charge in [-0.3, -0.25) is 0 Å². The van der Waals surface area contributed by atoms with Crippen LogP contribution in [-0.2, 0) is 6.42 Å². The van der Waals surface area contributed by atoms with E-state index >= 15 is 0 Å². The Morgan fingerprint density at radius 3 is 1.18 bits per heavy atom. The van der Waals surface area contributed by atoms with Gasteiger partial charge >= 0.3 is 0 Å². The molecule has 0 bridgehead atoms. The van der Waals surface area contributed by atoms with Gasteiger partial charge in [0.25, 0.3) is 0 Å². The molecule has 65 heavy (non-hydrogen) atoms. The van der Waals surface area contributed by atoms with Crippen LogP contribution >= 0.6 is 0 Å². The average molecular weight is 831 g/mol. The molecule has 0 aliphatic rings. The van der Waals surface area contributed by atoms with Crippen molar-refractivity contribution < 1.29 is 0 Å². The van der Waals surface area contributed by atoms with Crippen LogP contribution in [0, 0.1) is 0 Å². The SMILES string of the molecule is CCCc1ccc(-c2cccc(-c3ccc(-n4c5ccccc5c5cc(-c6ccc7c(c6)c6ccccc6n7-c6ccc(-c7ccccc7-c7ccccc7)cc6)ccc54)cc3)c2)cc1. The highest BCUT2D eigenvalue weighted by Crippen LogP contribution is 2.40. The first-order valence-corrected chi connectivity index (χ1v) is 22.8. The molecule has 0 spiro atoms. The molecule has 2 heterocycles. The number of para-hydroxylation sites is 2. The van der Waals surface area contributed by atoms with E-state index in [0.717, 1.165) is 24.2 Å². The molecule has 2 nitrogen and oxygen atoms in total. The Labute approximate surface area is 379 Å². The number of fused-ring (bicyclic) bond motifs is 6. The van der Waals surface area contributed by atoms with Crippen LogP contribution in [0.2, 0.25) is 0 Å². The quantitative estimate of drug-likeness (QED) is 0.137. The molecule has 0 saturated heterocycles. The fourth-order valence-electron chi connectivity index (χ4n) is 10.1. The number of rotatable bonds is 9. The molecule has 0 aliphatic heterocycles. The van der Waals surface area contributed by atoms with Crippen LogP contribution in [0.4, 0.5) is 0 Å². The lowest BCUT2D eigenvalue weighted by atomic mass is 9.94. The standard InChI is InChI=1S/C63H46N2/c1-2-13-43-24-26-44(27-25-43)48-16-12-17-49(40-48)45-28-34-52(35-29-45)64-60-22-10-8-20-56(60)58-41-50(32-38-62(58)64)51-33-39-63-59(42-51)57-21-9-11-23-61(57)65(63)53-36-30-47(31-37-53)55-19-7-6-18-54(55)46-14-4-3-5-15-46/h3-12,14-42H,2,13H2,1H3. The second-order valence-corrected chi connectivity index (χ2v) is 17.2. The molecule has 12 rings (SSSR count). The number of benzene rings is 10. The van der Waals surface area contributed by atoms with Crippen molar-refractivity contribution in [3.05, 3.63) is 242 Å². The number of hydrogen-bond donors (Lipinski definition) is 0. The summed E-state index contributed by atoms with van der Waals surface area (Å²) in [6.07, 6.45) is 2.28. The van der Waals surface area contributed by atoms with Gasteiger partial charge in [0.2, 0.25) is 0 Å². The van der Waals surface area contributed by atoms with Gasteiger partial charge in [-0.2, -0.15) is 0 Å². The third-order valence-corrected chi connectivity index (χ3v) is 13.3. The van der Waals surface area contributed by atoms with Crippen LogP contribution in [0.5, 0.6) is 0 Å². The number of hydrogen-bond acceptors (Lipinski definition) is 0. The van der Waals surface area contributed by atoms with Crippen molar-refractivity contribution in [3.8, 4) is 67.0 Å². The van der Waals surface area contributed by atoms with Gasteiger partial charge in [0.05, 0.1) is 22.1 Å². The Morgan fingerprint density at radius 1 is 0.277 bits per heavy atom. The maximum atomic E-state index is 2.41. The second-order valence-electron chi connectivity index (χ2n) is 17.2. The summed E-state index contributed by atoms with van der Waals surface area (Å²) in [5.74, 6) is 0. The van der Waals surface area contributed by atoms with E-state index in [2.05, 4.69) is 253 Å². The molecule has 0 amide bonds. The zero-order valence-electron chi connectivity index (χ0n) is 36.3. The lowest BCUT2D eigenvalue weighted by Crippen LogP contribution is -1.94. The van der Waals surface area contributed by atoms with Gasteiger partial charge in [0.15, 0.2) is 0 Å². The summed E-state index contributed by atoms with van der Waals surface area (Å²) in [6.45, 7) is 2.23. The predicted octanol–water partition coefficient (Wildman–Crippen LogP) is 17.2. The van der Waals surface area contributed by atoms with E-state index in [9.17, 15) is 0 Å². The largest absolute Gasteiger partial charge is 0.309 e. The van der Waals surface area contributed by atoms with E-state index in [1.54, 1.807) is 0 Å². The Kier molecular flexibility index (Phi) is 9.57. The van der Waals surface area contributed by atoms with Crippen LogP contribution < -0.4 is 0 Å². The molecule has 2 aromatic heterocycles. The highest BCUT2D eigenvalue weighted by Gasteiger charge is 2.17. The highest BCUT2D eigenvalue weighted by atomic mass is 15.0. The third kappa shape index (κ3) is 6.83. The minimum Gasteiger partial charge on any atom is -0.309 e. The molecule has 12 aromatic rings. The first-order valence-electron chi connectivity index (χ1n) is 22.8. The topological polar surface area (TPSA) is 9.86 Å². The van der Waals surface area contributed by atoms with Crippen molar-refractivity contribution in [1.82, 2.24) is 9.13 Å². The minimum absolute atomic E-state index is 1.12. The second kappa shape index (κ2) is 16.2. The molecule has 308 valence electrons. The fraction of sp³-hybridized carbons (Fsp3) is 0.0476. The summed E-state index contributed by atoms with van der Waals surface area (Å²) >= 11 is 0. The van der Waals surface area contributed by atoms with Gasteiger partial charge in [-0.15, -0.1) is 0 Å². The Morgan fingerprint density at radius 2 is 0.662 bits per heavy atom. The monoisotopic (exact) mass is 830 g/mol. The molecule has 0 fully saturated rings. The zero-order chi connectivity index (χ0) is 43.3. The van der Waals surface area contributed by atoms with Crippen molar-refractivity contribution in [3.63, 3.8) is 0 Å². The zero-order valence-corrected chi connectivity index (χ0v) is 36.3. The van der Waals surface area contributed by atoms with Crippen molar-refractivity contribution in [2.75, 3.05) is 0 Å². The molecule has 0 aliphatic carbocycles. The summed E-state index contributed by atoms with van der Waals surface area (Å²) in [4.78, 5) is 0. The van der Waals surface area contributed by atoms with Crippen molar-refractivity contribution >= 4 is 43.6 Å². The molecule has 2 heteroatoms. The summed E-state index contributed by atoms with van der Waals surface area (Å²) in [6, 6.07) is 87.0. The van der Waals surface area contributed by atoms with Crippen LogP contribution in [0.25, 0.3) is 111 Å². The molecule has 0 radical (unpaired) electrons. The van der Waals surface area contributed by atoms with Gasteiger partial charge in [-0.25, -0.2) is 0 Å². The summed E-state index contributed by atoms with van der Waals surface area (Å²) < 4.78 is 4.82. The third-order valence-electron chi connectivity index (χ3n) is 13.3. The Balaban J connectivity index is 0.886. The fourth-order valence-corrected chi connectivity index (χ4v) is 10.1. The number of aryl methyl sites for hydroxylation is 1. The lowest BCUT2D eigenvalue weighted by Gasteiger charge is -2.13. The first-order chi connectivity index (χ1) is 32.2. The predicted molar refractivity (Wildman–Crippen MR) is 276 cm³/mol. The lowest BCUT2D eigenvalue weighted by molar-refractivity contribution is 0.922.